The van der Waals surface area contributed by atoms with Crippen molar-refractivity contribution in [3.05, 3.63) is 66.1 Å². The van der Waals surface area contributed by atoms with Crippen LogP contribution in [0.2, 0.25) is 0 Å². The fraction of sp³-hybridized carbons (Fsp3) is 0.318. The molecule has 8 heteroatoms. The zero-order valence-corrected chi connectivity index (χ0v) is 17.5. The molecule has 0 saturated carbocycles. The molecule has 0 radical (unpaired) electrons. The number of sulfonamides is 1. The summed E-state index contributed by atoms with van der Waals surface area (Å²) in [7, 11) is -3.70. The minimum Gasteiger partial charge on any atom is -0.360 e. The van der Waals surface area contributed by atoms with Gasteiger partial charge in [0.2, 0.25) is 10.0 Å². The van der Waals surface area contributed by atoms with E-state index >= 15 is 0 Å². The first kappa shape index (κ1) is 20.7. The van der Waals surface area contributed by atoms with E-state index in [1.807, 2.05) is 31.2 Å². The van der Waals surface area contributed by atoms with Crippen LogP contribution in [-0.4, -0.2) is 49.3 Å². The molecular formula is C22H24FN3O3S. The van der Waals surface area contributed by atoms with Crippen molar-refractivity contribution in [2.24, 2.45) is 0 Å². The second-order valence-electron chi connectivity index (χ2n) is 7.67. The van der Waals surface area contributed by atoms with Gasteiger partial charge in [-0.25, -0.2) is 17.5 Å². The van der Waals surface area contributed by atoms with Crippen LogP contribution in [0, 0.1) is 5.82 Å². The number of rotatable bonds is 6. The number of hydrogen-bond acceptors (Lipinski definition) is 4. The number of carbonyl (C=O) groups is 1. The minimum atomic E-state index is -3.70. The van der Waals surface area contributed by atoms with Gasteiger partial charge in [-0.1, -0.05) is 18.2 Å². The zero-order chi connectivity index (χ0) is 21.3. The predicted molar refractivity (Wildman–Crippen MR) is 113 cm³/mol. The third-order valence-corrected chi connectivity index (χ3v) is 7.29. The molecule has 3 aromatic rings. The first-order chi connectivity index (χ1) is 14.3. The highest BCUT2D eigenvalue weighted by atomic mass is 32.2. The fourth-order valence-corrected chi connectivity index (χ4v) is 5.28. The standard InChI is InChI=1S/C22H24FN3O3S/c1-15(22(27)20-14-24-21-5-3-2-4-19(20)21)26-12-10-17(11-13-26)25-30(28,29)18-8-6-16(23)7-9-18/h2-9,14-15,17,24-25H,10-13H2,1H3. The van der Waals surface area contributed by atoms with Gasteiger partial charge in [-0.3, -0.25) is 9.69 Å². The van der Waals surface area contributed by atoms with Gasteiger partial charge in [-0.15, -0.1) is 0 Å². The Morgan fingerprint density at radius 3 is 2.50 bits per heavy atom. The van der Waals surface area contributed by atoms with E-state index in [0.717, 1.165) is 23.0 Å². The van der Waals surface area contributed by atoms with E-state index in [2.05, 4.69) is 14.6 Å². The Bertz CT molecular complexity index is 1150. The number of carbonyl (C=O) groups excluding carboxylic acids is 1. The van der Waals surface area contributed by atoms with Crippen LogP contribution in [0.3, 0.4) is 0 Å². The van der Waals surface area contributed by atoms with Crippen molar-refractivity contribution < 1.29 is 17.6 Å². The molecule has 1 fully saturated rings. The van der Waals surface area contributed by atoms with E-state index in [4.69, 9.17) is 0 Å². The van der Waals surface area contributed by atoms with Gasteiger partial charge >= 0.3 is 0 Å². The Kier molecular flexibility index (Phi) is 5.73. The molecule has 1 atom stereocenters. The largest absolute Gasteiger partial charge is 0.360 e. The highest BCUT2D eigenvalue weighted by molar-refractivity contribution is 7.89. The number of H-pyrrole nitrogens is 1. The smallest absolute Gasteiger partial charge is 0.240 e. The Labute approximate surface area is 175 Å². The van der Waals surface area contributed by atoms with Crippen molar-refractivity contribution in [3.63, 3.8) is 0 Å². The molecule has 2 N–H and O–H groups in total. The van der Waals surface area contributed by atoms with Crippen LogP contribution < -0.4 is 4.72 Å². The molecule has 0 aliphatic carbocycles. The molecular weight excluding hydrogens is 405 g/mol. The van der Waals surface area contributed by atoms with E-state index in [-0.39, 0.29) is 22.8 Å². The molecule has 158 valence electrons. The summed E-state index contributed by atoms with van der Waals surface area (Å²) in [6, 6.07) is 12.0. The van der Waals surface area contributed by atoms with Crippen molar-refractivity contribution >= 4 is 26.7 Å². The van der Waals surface area contributed by atoms with Crippen molar-refractivity contribution in [2.75, 3.05) is 13.1 Å². The van der Waals surface area contributed by atoms with E-state index < -0.39 is 15.8 Å². The maximum absolute atomic E-state index is 13.1. The number of nitrogens with one attached hydrogen (secondary N) is 2. The van der Waals surface area contributed by atoms with E-state index in [1.165, 1.54) is 12.1 Å². The first-order valence-electron chi connectivity index (χ1n) is 9.97. The average molecular weight is 430 g/mol. The van der Waals surface area contributed by atoms with Gasteiger partial charge in [-0.2, -0.15) is 0 Å². The summed E-state index contributed by atoms with van der Waals surface area (Å²) < 4.78 is 40.8. The molecule has 1 unspecified atom stereocenters. The molecule has 30 heavy (non-hydrogen) atoms. The number of ketones is 1. The topological polar surface area (TPSA) is 82.3 Å². The monoisotopic (exact) mass is 429 g/mol. The molecule has 2 aromatic carbocycles. The Morgan fingerprint density at radius 1 is 1.13 bits per heavy atom. The second kappa shape index (κ2) is 8.29. The molecule has 2 heterocycles. The van der Waals surface area contributed by atoms with Gasteiger partial charge < -0.3 is 4.98 Å². The lowest BCUT2D eigenvalue weighted by molar-refractivity contribution is 0.0795. The summed E-state index contributed by atoms with van der Waals surface area (Å²) in [5.74, 6) is -0.422. The van der Waals surface area contributed by atoms with Crippen molar-refractivity contribution in [2.45, 2.75) is 36.7 Å². The lowest BCUT2D eigenvalue weighted by atomic mass is 9.99. The maximum atomic E-state index is 13.1. The van der Waals surface area contributed by atoms with Crippen LogP contribution in [0.4, 0.5) is 4.39 Å². The summed E-state index contributed by atoms with van der Waals surface area (Å²) in [4.78, 5) is 18.3. The Balaban J connectivity index is 1.38. The van der Waals surface area contributed by atoms with Crippen molar-refractivity contribution in [3.8, 4) is 0 Å². The first-order valence-corrected chi connectivity index (χ1v) is 11.5. The van der Waals surface area contributed by atoms with E-state index in [1.54, 1.807) is 6.20 Å². The summed E-state index contributed by atoms with van der Waals surface area (Å²) in [6.45, 7) is 3.13. The van der Waals surface area contributed by atoms with Gasteiger partial charge in [0.1, 0.15) is 5.82 Å². The molecule has 6 nitrogen and oxygen atoms in total. The third kappa shape index (κ3) is 4.16. The lowest BCUT2D eigenvalue weighted by Gasteiger charge is -2.35. The van der Waals surface area contributed by atoms with Gasteiger partial charge in [0.25, 0.3) is 0 Å². The van der Waals surface area contributed by atoms with Crippen LogP contribution in [0.25, 0.3) is 10.9 Å². The quantitative estimate of drug-likeness (QED) is 0.589. The highest BCUT2D eigenvalue weighted by Crippen LogP contribution is 2.23. The SMILES string of the molecule is CC(C(=O)c1c[nH]c2ccccc12)N1CCC(NS(=O)(=O)c2ccc(F)cc2)CC1. The molecule has 0 bridgehead atoms. The Hall–Kier alpha value is -2.55. The number of nitrogens with zero attached hydrogens (tertiary/aromatic N) is 1. The zero-order valence-electron chi connectivity index (χ0n) is 16.6. The highest BCUT2D eigenvalue weighted by Gasteiger charge is 2.30. The lowest BCUT2D eigenvalue weighted by Crippen LogP contribution is -2.49. The minimum absolute atomic E-state index is 0.0502. The van der Waals surface area contributed by atoms with Crippen LogP contribution in [0.5, 0.6) is 0 Å². The normalized spacial score (nSPS) is 17.3. The molecule has 1 aliphatic heterocycles. The molecule has 4 rings (SSSR count). The fourth-order valence-electron chi connectivity index (χ4n) is 3.97. The molecule has 1 aliphatic rings. The van der Waals surface area contributed by atoms with Gasteiger partial charge in [0, 0.05) is 41.8 Å². The number of aromatic nitrogens is 1. The van der Waals surface area contributed by atoms with Crippen LogP contribution >= 0.6 is 0 Å². The summed E-state index contributed by atoms with van der Waals surface area (Å²) in [5, 5.41) is 0.913. The van der Waals surface area contributed by atoms with Crippen LogP contribution in [0.1, 0.15) is 30.1 Å². The number of piperidine rings is 1. The number of likely N-dealkylation sites (tertiary alicyclic amines) is 1. The molecule has 0 spiro atoms. The van der Waals surface area contributed by atoms with E-state index in [0.29, 0.717) is 31.5 Å². The van der Waals surface area contributed by atoms with Gasteiger partial charge in [0.05, 0.1) is 10.9 Å². The van der Waals surface area contributed by atoms with Crippen LogP contribution in [0.15, 0.2) is 59.6 Å². The molecule has 1 aromatic heterocycles. The number of benzene rings is 2. The summed E-state index contributed by atoms with van der Waals surface area (Å²) in [5.41, 5.74) is 1.61. The predicted octanol–water partition coefficient (Wildman–Crippen LogP) is 3.32. The summed E-state index contributed by atoms with van der Waals surface area (Å²) >= 11 is 0. The number of para-hydroxylation sites is 1. The van der Waals surface area contributed by atoms with E-state index in [9.17, 15) is 17.6 Å². The number of aromatic amines is 1. The number of halogens is 1. The van der Waals surface area contributed by atoms with Gasteiger partial charge in [-0.05, 0) is 50.1 Å². The number of hydrogen-bond donors (Lipinski definition) is 2. The van der Waals surface area contributed by atoms with Crippen molar-refractivity contribution in [1.29, 1.82) is 0 Å². The van der Waals surface area contributed by atoms with Gasteiger partial charge in [0.15, 0.2) is 5.78 Å². The number of Topliss-reactive ketones (excluding diaryl/α,β-unsaturated/α-hetero) is 1. The molecule has 1 saturated heterocycles. The number of fused-ring (bicyclic) bond motifs is 1. The Morgan fingerprint density at radius 2 is 1.80 bits per heavy atom. The molecule has 0 amide bonds. The van der Waals surface area contributed by atoms with Crippen molar-refractivity contribution in [1.82, 2.24) is 14.6 Å². The third-order valence-electron chi connectivity index (χ3n) is 5.76. The summed E-state index contributed by atoms with van der Waals surface area (Å²) in [6.07, 6.45) is 2.96. The second-order valence-corrected chi connectivity index (χ2v) is 9.39. The average Bonchev–Trinajstić information content (AvgIpc) is 3.17. The maximum Gasteiger partial charge on any atom is 0.240 e. The van der Waals surface area contributed by atoms with Crippen LogP contribution in [-0.2, 0) is 10.0 Å².